The number of methoxy groups -OCH3 is 2. The molecule has 1 rings (SSSR count). The molecule has 0 aliphatic heterocycles. The van der Waals surface area contributed by atoms with E-state index in [2.05, 4.69) is 10.1 Å². The lowest BCUT2D eigenvalue weighted by Gasteiger charge is -2.20. The van der Waals surface area contributed by atoms with Crippen LogP contribution in [-0.2, 0) is 14.3 Å². The highest BCUT2D eigenvalue weighted by molar-refractivity contribution is 5.88. The minimum atomic E-state index is -0.587. The van der Waals surface area contributed by atoms with Gasteiger partial charge in [-0.3, -0.25) is 5.32 Å². The summed E-state index contributed by atoms with van der Waals surface area (Å²) in [6, 6.07) is 5.06. The van der Waals surface area contributed by atoms with E-state index in [0.29, 0.717) is 17.0 Å². The molecule has 6 nitrogen and oxygen atoms in total. The van der Waals surface area contributed by atoms with E-state index >= 15 is 0 Å². The molecule has 0 fully saturated rings. The Labute approximate surface area is 130 Å². The highest BCUT2D eigenvalue weighted by atomic mass is 16.6. The summed E-state index contributed by atoms with van der Waals surface area (Å²) in [4.78, 5) is 22.9. The van der Waals surface area contributed by atoms with Crippen molar-refractivity contribution >= 4 is 23.8 Å². The third-order valence-corrected chi connectivity index (χ3v) is 2.42. The van der Waals surface area contributed by atoms with Gasteiger partial charge in [0.15, 0.2) is 0 Å². The molecule has 1 amide bonds. The fourth-order valence-electron chi connectivity index (χ4n) is 1.56. The van der Waals surface area contributed by atoms with Gasteiger partial charge in [0.25, 0.3) is 0 Å². The second kappa shape index (κ2) is 7.49. The first-order chi connectivity index (χ1) is 10.2. The predicted octanol–water partition coefficient (Wildman–Crippen LogP) is 3.23. The molecule has 1 aromatic rings. The Kier molecular flexibility index (Phi) is 5.98. The Balaban J connectivity index is 2.93. The van der Waals surface area contributed by atoms with Crippen molar-refractivity contribution in [2.45, 2.75) is 26.4 Å². The van der Waals surface area contributed by atoms with Gasteiger partial charge >= 0.3 is 12.1 Å². The number of carbonyl (C=O) groups is 2. The van der Waals surface area contributed by atoms with Crippen LogP contribution in [0.5, 0.6) is 5.75 Å². The predicted molar refractivity (Wildman–Crippen MR) is 83.9 cm³/mol. The monoisotopic (exact) mass is 307 g/mol. The van der Waals surface area contributed by atoms with Crippen molar-refractivity contribution in [3.8, 4) is 5.75 Å². The quantitative estimate of drug-likeness (QED) is 0.683. The van der Waals surface area contributed by atoms with Gasteiger partial charge in [0, 0.05) is 17.8 Å². The van der Waals surface area contributed by atoms with Crippen LogP contribution in [0.1, 0.15) is 26.3 Å². The smallest absolute Gasteiger partial charge is 0.412 e. The second-order valence-electron chi connectivity index (χ2n) is 5.48. The molecule has 0 atom stereocenters. The first-order valence-corrected chi connectivity index (χ1v) is 6.68. The van der Waals surface area contributed by atoms with Crippen LogP contribution in [0.2, 0.25) is 0 Å². The summed E-state index contributed by atoms with van der Waals surface area (Å²) in [5, 5.41) is 2.62. The lowest BCUT2D eigenvalue weighted by molar-refractivity contribution is -0.134. The van der Waals surface area contributed by atoms with Gasteiger partial charge in [-0.05, 0) is 44.5 Å². The Morgan fingerprint density at radius 2 is 1.82 bits per heavy atom. The Morgan fingerprint density at radius 1 is 1.14 bits per heavy atom. The van der Waals surface area contributed by atoms with E-state index < -0.39 is 17.7 Å². The van der Waals surface area contributed by atoms with E-state index in [-0.39, 0.29) is 0 Å². The van der Waals surface area contributed by atoms with E-state index in [1.165, 1.54) is 20.3 Å². The van der Waals surface area contributed by atoms with Crippen LogP contribution in [0.15, 0.2) is 24.3 Å². The molecular weight excluding hydrogens is 286 g/mol. The van der Waals surface area contributed by atoms with Crippen molar-refractivity contribution in [3.63, 3.8) is 0 Å². The number of benzene rings is 1. The molecule has 0 aromatic heterocycles. The number of rotatable bonds is 4. The molecule has 120 valence electrons. The highest BCUT2D eigenvalue weighted by Crippen LogP contribution is 2.22. The zero-order chi connectivity index (χ0) is 16.8. The van der Waals surface area contributed by atoms with Gasteiger partial charge in [-0.25, -0.2) is 9.59 Å². The molecule has 0 bridgehead atoms. The average Bonchev–Trinajstić information content (AvgIpc) is 2.42. The number of anilines is 1. The number of ether oxygens (including phenoxy) is 3. The number of nitrogens with one attached hydrogen (secondary N) is 1. The Bertz CT molecular complexity index is 572. The SMILES string of the molecule is COC(=O)C=Cc1cc(NC(=O)OC(C)(C)C)cc(OC)c1. The Hall–Kier alpha value is -2.50. The molecular formula is C16H21NO5. The summed E-state index contributed by atoms with van der Waals surface area (Å²) in [5.41, 5.74) is 0.588. The van der Waals surface area contributed by atoms with Crippen LogP contribution in [-0.4, -0.2) is 31.9 Å². The van der Waals surface area contributed by atoms with Crippen molar-refractivity contribution in [3.05, 3.63) is 29.8 Å². The summed E-state index contributed by atoms with van der Waals surface area (Å²) in [6.07, 6.45) is 2.28. The standard InChI is InChI=1S/C16H21NO5/c1-16(2,3)22-15(19)17-12-8-11(6-7-14(18)21-5)9-13(10-12)20-4/h6-10H,1-5H3,(H,17,19). The third-order valence-electron chi connectivity index (χ3n) is 2.42. The molecule has 1 aromatic carbocycles. The van der Waals surface area contributed by atoms with Crippen molar-refractivity contribution in [2.75, 3.05) is 19.5 Å². The summed E-state index contributed by atoms with van der Waals surface area (Å²) >= 11 is 0. The number of esters is 1. The zero-order valence-electron chi connectivity index (χ0n) is 13.4. The average molecular weight is 307 g/mol. The van der Waals surface area contributed by atoms with Gasteiger partial charge in [0.1, 0.15) is 11.4 Å². The van der Waals surface area contributed by atoms with Crippen LogP contribution >= 0.6 is 0 Å². The molecule has 0 saturated heterocycles. The van der Waals surface area contributed by atoms with Crippen LogP contribution < -0.4 is 10.1 Å². The highest BCUT2D eigenvalue weighted by Gasteiger charge is 2.16. The number of hydrogen-bond donors (Lipinski definition) is 1. The molecule has 0 radical (unpaired) electrons. The van der Waals surface area contributed by atoms with Gasteiger partial charge in [-0.15, -0.1) is 0 Å². The summed E-state index contributed by atoms with van der Waals surface area (Å²) in [5.74, 6) is 0.0718. The van der Waals surface area contributed by atoms with Gasteiger partial charge < -0.3 is 14.2 Å². The summed E-state index contributed by atoms with van der Waals surface area (Å²) < 4.78 is 14.9. The normalized spacial score (nSPS) is 11.1. The molecule has 6 heteroatoms. The fraction of sp³-hybridized carbons (Fsp3) is 0.375. The van der Waals surface area contributed by atoms with Crippen molar-refractivity contribution < 1.29 is 23.8 Å². The zero-order valence-corrected chi connectivity index (χ0v) is 13.4. The molecule has 1 N–H and O–H groups in total. The van der Waals surface area contributed by atoms with E-state index in [1.807, 2.05) is 0 Å². The number of amides is 1. The van der Waals surface area contributed by atoms with Crippen LogP contribution in [0.3, 0.4) is 0 Å². The minimum Gasteiger partial charge on any atom is -0.497 e. The van der Waals surface area contributed by atoms with Crippen molar-refractivity contribution in [2.24, 2.45) is 0 Å². The first-order valence-electron chi connectivity index (χ1n) is 6.68. The van der Waals surface area contributed by atoms with Gasteiger partial charge in [-0.1, -0.05) is 0 Å². The van der Waals surface area contributed by atoms with Crippen molar-refractivity contribution in [1.29, 1.82) is 0 Å². The first kappa shape index (κ1) is 17.6. The van der Waals surface area contributed by atoms with E-state index in [4.69, 9.17) is 9.47 Å². The van der Waals surface area contributed by atoms with Crippen LogP contribution in [0.4, 0.5) is 10.5 Å². The Morgan fingerprint density at radius 3 is 2.36 bits per heavy atom. The molecule has 0 unspecified atom stereocenters. The fourth-order valence-corrected chi connectivity index (χ4v) is 1.56. The second-order valence-corrected chi connectivity index (χ2v) is 5.48. The maximum absolute atomic E-state index is 11.8. The maximum atomic E-state index is 11.8. The summed E-state index contributed by atoms with van der Waals surface area (Å²) in [6.45, 7) is 5.34. The molecule has 0 heterocycles. The number of hydrogen-bond acceptors (Lipinski definition) is 5. The molecule has 0 spiro atoms. The third kappa shape index (κ3) is 6.30. The largest absolute Gasteiger partial charge is 0.497 e. The van der Waals surface area contributed by atoms with E-state index in [0.717, 1.165) is 0 Å². The molecule has 22 heavy (non-hydrogen) atoms. The van der Waals surface area contributed by atoms with Gasteiger partial charge in [0.2, 0.25) is 0 Å². The van der Waals surface area contributed by atoms with Gasteiger partial charge in [-0.2, -0.15) is 0 Å². The van der Waals surface area contributed by atoms with Crippen LogP contribution in [0.25, 0.3) is 6.08 Å². The molecule has 0 aliphatic rings. The summed E-state index contributed by atoms with van der Waals surface area (Å²) in [7, 11) is 2.81. The van der Waals surface area contributed by atoms with E-state index in [1.54, 1.807) is 45.0 Å². The van der Waals surface area contributed by atoms with E-state index in [9.17, 15) is 9.59 Å². The number of carbonyl (C=O) groups excluding carboxylic acids is 2. The van der Waals surface area contributed by atoms with Gasteiger partial charge in [0.05, 0.1) is 14.2 Å². The lowest BCUT2D eigenvalue weighted by Crippen LogP contribution is -2.27. The van der Waals surface area contributed by atoms with Crippen molar-refractivity contribution in [1.82, 2.24) is 0 Å². The lowest BCUT2D eigenvalue weighted by atomic mass is 10.1. The molecule has 0 aliphatic carbocycles. The topological polar surface area (TPSA) is 73.9 Å². The minimum absolute atomic E-state index is 0.468. The van der Waals surface area contributed by atoms with Crippen LogP contribution in [0, 0.1) is 0 Å². The molecule has 0 saturated carbocycles. The maximum Gasteiger partial charge on any atom is 0.412 e.